The van der Waals surface area contributed by atoms with E-state index in [2.05, 4.69) is 0 Å². The largest absolute Gasteiger partial charge is 0.383 e. The Morgan fingerprint density at radius 2 is 2.13 bits per heavy atom. The minimum absolute atomic E-state index is 0.281. The normalized spacial score (nSPS) is 15.0. The van der Waals surface area contributed by atoms with Crippen molar-refractivity contribution >= 4 is 11.6 Å². The molecule has 0 aromatic heterocycles. The summed E-state index contributed by atoms with van der Waals surface area (Å²) in [5.74, 6) is 0. The second-order valence-corrected chi connectivity index (χ2v) is 4.28. The van der Waals surface area contributed by atoms with Crippen molar-refractivity contribution in [2.24, 2.45) is 0 Å². The number of aliphatic hydroxyl groups is 1. The molecule has 0 amide bonds. The van der Waals surface area contributed by atoms with Crippen LogP contribution in [-0.4, -0.2) is 18.3 Å². The minimum atomic E-state index is -0.979. The van der Waals surface area contributed by atoms with Crippen LogP contribution in [0.25, 0.3) is 0 Å². The van der Waals surface area contributed by atoms with Gasteiger partial charge in [0.25, 0.3) is 0 Å². The highest BCUT2D eigenvalue weighted by Gasteiger charge is 2.23. The molecule has 0 aliphatic rings. The summed E-state index contributed by atoms with van der Waals surface area (Å²) < 4.78 is 5.23. The zero-order valence-electron chi connectivity index (χ0n) is 9.38. The van der Waals surface area contributed by atoms with Crippen LogP contribution in [-0.2, 0) is 10.3 Å². The second-order valence-electron chi connectivity index (χ2n) is 3.87. The number of aryl methyl sites for hydroxylation is 1. The van der Waals surface area contributed by atoms with Crippen molar-refractivity contribution in [1.82, 2.24) is 0 Å². The van der Waals surface area contributed by atoms with E-state index in [1.807, 2.05) is 26.0 Å². The van der Waals surface area contributed by atoms with Crippen molar-refractivity contribution in [3.05, 3.63) is 34.3 Å². The van der Waals surface area contributed by atoms with Gasteiger partial charge in [-0.05, 0) is 38.0 Å². The molecule has 0 saturated heterocycles. The van der Waals surface area contributed by atoms with E-state index in [1.54, 1.807) is 13.0 Å². The Labute approximate surface area is 95.8 Å². The quantitative estimate of drug-likeness (QED) is 0.859. The Kier molecular flexibility index (Phi) is 4.14. The predicted octanol–water partition coefficient (Wildman–Crippen LogP) is 2.89. The van der Waals surface area contributed by atoms with Gasteiger partial charge in [-0.15, -0.1) is 0 Å². The van der Waals surface area contributed by atoms with Crippen LogP contribution >= 0.6 is 11.6 Å². The van der Waals surface area contributed by atoms with Gasteiger partial charge in [-0.25, -0.2) is 0 Å². The van der Waals surface area contributed by atoms with Crippen LogP contribution in [0.2, 0.25) is 5.02 Å². The van der Waals surface area contributed by atoms with Gasteiger partial charge in [0.2, 0.25) is 0 Å². The summed E-state index contributed by atoms with van der Waals surface area (Å²) in [5.41, 5.74) is 0.812. The number of rotatable bonds is 4. The summed E-state index contributed by atoms with van der Waals surface area (Å²) >= 11 is 6.00. The van der Waals surface area contributed by atoms with Crippen LogP contribution in [0.15, 0.2) is 18.2 Å². The number of benzene rings is 1. The third-order valence-electron chi connectivity index (χ3n) is 2.38. The zero-order valence-corrected chi connectivity index (χ0v) is 10.1. The van der Waals surface area contributed by atoms with Gasteiger partial charge >= 0.3 is 0 Å². The molecule has 84 valence electrons. The Hall–Kier alpha value is -0.570. The van der Waals surface area contributed by atoms with Gasteiger partial charge in [-0.3, -0.25) is 0 Å². The Bertz CT molecular complexity index is 334. The fourth-order valence-corrected chi connectivity index (χ4v) is 1.49. The molecule has 3 heteroatoms. The Morgan fingerprint density at radius 1 is 1.47 bits per heavy atom. The van der Waals surface area contributed by atoms with E-state index >= 15 is 0 Å². The molecule has 1 rings (SSSR count). The molecule has 1 unspecified atom stereocenters. The molecular formula is C12H17ClO2. The molecule has 0 radical (unpaired) electrons. The molecule has 0 bridgehead atoms. The molecule has 1 N–H and O–H groups in total. The SMILES string of the molecule is CCOCC(C)(O)c1ccc(C)c(Cl)c1. The summed E-state index contributed by atoms with van der Waals surface area (Å²) in [5, 5.41) is 10.8. The summed E-state index contributed by atoms with van der Waals surface area (Å²) in [6.45, 7) is 6.43. The Balaban J connectivity index is 2.89. The molecule has 1 atom stereocenters. The van der Waals surface area contributed by atoms with Crippen molar-refractivity contribution < 1.29 is 9.84 Å². The van der Waals surface area contributed by atoms with Crippen LogP contribution in [0.1, 0.15) is 25.0 Å². The van der Waals surface area contributed by atoms with Crippen LogP contribution in [0, 0.1) is 6.92 Å². The summed E-state index contributed by atoms with van der Waals surface area (Å²) in [6.07, 6.45) is 0. The van der Waals surface area contributed by atoms with E-state index in [4.69, 9.17) is 16.3 Å². The number of ether oxygens (including phenoxy) is 1. The first-order valence-corrected chi connectivity index (χ1v) is 5.42. The first-order valence-electron chi connectivity index (χ1n) is 5.04. The molecule has 0 spiro atoms. The maximum absolute atomic E-state index is 10.1. The third kappa shape index (κ3) is 3.20. The number of hydrogen-bond donors (Lipinski definition) is 1. The highest BCUT2D eigenvalue weighted by molar-refractivity contribution is 6.31. The fraction of sp³-hybridized carbons (Fsp3) is 0.500. The lowest BCUT2D eigenvalue weighted by molar-refractivity contribution is -0.0343. The Morgan fingerprint density at radius 3 is 2.67 bits per heavy atom. The predicted molar refractivity (Wildman–Crippen MR) is 62.3 cm³/mol. The van der Waals surface area contributed by atoms with E-state index in [0.29, 0.717) is 11.6 Å². The van der Waals surface area contributed by atoms with Crippen LogP contribution in [0.4, 0.5) is 0 Å². The van der Waals surface area contributed by atoms with Gasteiger partial charge in [0, 0.05) is 11.6 Å². The van der Waals surface area contributed by atoms with Crippen molar-refractivity contribution in [2.75, 3.05) is 13.2 Å². The van der Waals surface area contributed by atoms with Crippen LogP contribution in [0.3, 0.4) is 0 Å². The van der Waals surface area contributed by atoms with Crippen LogP contribution < -0.4 is 0 Å². The highest BCUT2D eigenvalue weighted by atomic mass is 35.5. The standard InChI is InChI=1S/C12H17ClO2/c1-4-15-8-12(3,14)10-6-5-9(2)11(13)7-10/h5-7,14H,4,8H2,1-3H3. The van der Waals surface area contributed by atoms with Gasteiger partial charge in [-0.2, -0.15) is 0 Å². The molecule has 0 heterocycles. The van der Waals surface area contributed by atoms with E-state index in [9.17, 15) is 5.11 Å². The van der Waals surface area contributed by atoms with Gasteiger partial charge in [0.05, 0.1) is 6.61 Å². The van der Waals surface area contributed by atoms with E-state index < -0.39 is 5.60 Å². The van der Waals surface area contributed by atoms with E-state index in [-0.39, 0.29) is 6.61 Å². The van der Waals surface area contributed by atoms with E-state index in [0.717, 1.165) is 11.1 Å². The maximum Gasteiger partial charge on any atom is 0.110 e. The second kappa shape index (κ2) is 4.97. The molecule has 15 heavy (non-hydrogen) atoms. The van der Waals surface area contributed by atoms with Crippen molar-refractivity contribution in [1.29, 1.82) is 0 Å². The zero-order chi connectivity index (χ0) is 11.5. The molecule has 1 aromatic carbocycles. The van der Waals surface area contributed by atoms with Crippen LogP contribution in [0.5, 0.6) is 0 Å². The summed E-state index contributed by atoms with van der Waals surface area (Å²) in [6, 6.07) is 5.56. The van der Waals surface area contributed by atoms with Crippen molar-refractivity contribution in [3.8, 4) is 0 Å². The average Bonchev–Trinajstić information content (AvgIpc) is 2.19. The summed E-state index contributed by atoms with van der Waals surface area (Å²) in [4.78, 5) is 0. The topological polar surface area (TPSA) is 29.5 Å². The first kappa shape index (κ1) is 12.5. The smallest absolute Gasteiger partial charge is 0.110 e. The maximum atomic E-state index is 10.1. The van der Waals surface area contributed by atoms with Gasteiger partial charge in [-0.1, -0.05) is 23.7 Å². The lowest BCUT2D eigenvalue weighted by Gasteiger charge is -2.23. The molecule has 0 aliphatic heterocycles. The minimum Gasteiger partial charge on any atom is -0.383 e. The highest BCUT2D eigenvalue weighted by Crippen LogP contribution is 2.25. The number of hydrogen-bond acceptors (Lipinski definition) is 2. The van der Waals surface area contributed by atoms with Crippen molar-refractivity contribution in [3.63, 3.8) is 0 Å². The molecule has 1 aromatic rings. The molecule has 0 fully saturated rings. The van der Waals surface area contributed by atoms with Crippen molar-refractivity contribution in [2.45, 2.75) is 26.4 Å². The fourth-order valence-electron chi connectivity index (χ4n) is 1.31. The van der Waals surface area contributed by atoms with E-state index in [1.165, 1.54) is 0 Å². The van der Waals surface area contributed by atoms with Gasteiger partial charge < -0.3 is 9.84 Å². The van der Waals surface area contributed by atoms with Gasteiger partial charge in [0.1, 0.15) is 5.60 Å². The van der Waals surface area contributed by atoms with Gasteiger partial charge in [0.15, 0.2) is 0 Å². The third-order valence-corrected chi connectivity index (χ3v) is 2.79. The average molecular weight is 229 g/mol. The lowest BCUT2D eigenvalue weighted by atomic mass is 9.96. The first-order chi connectivity index (χ1) is 6.97. The molecule has 0 saturated carbocycles. The molecule has 2 nitrogen and oxygen atoms in total. The monoisotopic (exact) mass is 228 g/mol. The lowest BCUT2D eigenvalue weighted by Crippen LogP contribution is -2.27. The molecule has 0 aliphatic carbocycles. The number of halogens is 1. The molecular weight excluding hydrogens is 212 g/mol. The summed E-state index contributed by atoms with van der Waals surface area (Å²) in [7, 11) is 0.